The van der Waals surface area contributed by atoms with Gasteiger partial charge in [-0.15, -0.1) is 0 Å². The maximum absolute atomic E-state index is 9.31. The number of nitrogens with zero attached hydrogens (tertiary/aromatic N) is 2. The Labute approximate surface area is 117 Å². The summed E-state index contributed by atoms with van der Waals surface area (Å²) in [7, 11) is 0. The van der Waals surface area contributed by atoms with Crippen molar-refractivity contribution in [1.29, 1.82) is 10.5 Å². The van der Waals surface area contributed by atoms with E-state index in [1.54, 1.807) is 18.2 Å². The molecule has 0 radical (unpaired) electrons. The number of nitrogens with two attached hydrogens (primary N) is 2. The zero-order chi connectivity index (χ0) is 14.9. The third-order valence-electron chi connectivity index (χ3n) is 3.51. The number of anilines is 2. The Morgan fingerprint density at radius 2 is 1.40 bits per heavy atom. The fourth-order valence-electron chi connectivity index (χ4n) is 2.23. The number of rotatable bonds is 1. The molecule has 0 fully saturated rings. The quantitative estimate of drug-likeness (QED) is 0.772. The number of benzene rings is 2. The fourth-order valence-corrected chi connectivity index (χ4v) is 2.23. The maximum atomic E-state index is 9.31. The number of nitrogen functional groups attached to an aromatic ring is 2. The van der Waals surface area contributed by atoms with E-state index in [0.29, 0.717) is 33.6 Å². The molecule has 0 aliphatic carbocycles. The van der Waals surface area contributed by atoms with Gasteiger partial charge in [-0.05, 0) is 43.2 Å². The van der Waals surface area contributed by atoms with Crippen LogP contribution >= 0.6 is 0 Å². The highest BCUT2D eigenvalue weighted by Gasteiger charge is 2.18. The van der Waals surface area contributed by atoms with E-state index in [1.807, 2.05) is 19.9 Å². The molecule has 0 aliphatic rings. The first-order chi connectivity index (χ1) is 9.51. The van der Waals surface area contributed by atoms with Crippen LogP contribution in [0.5, 0.6) is 0 Å². The summed E-state index contributed by atoms with van der Waals surface area (Å²) in [5.41, 5.74) is 16.7. The summed E-state index contributed by atoms with van der Waals surface area (Å²) in [6, 6.07) is 11.1. The molecule has 98 valence electrons. The standard InChI is InChI=1S/C16H14N4/c1-9-3-4-11(7-17)14(10(9)2)15-12(8-18)5-6-13(19)16(15)20/h3-6H,19-20H2,1-2H3. The molecule has 0 amide bonds. The largest absolute Gasteiger partial charge is 0.397 e. The van der Waals surface area contributed by atoms with Gasteiger partial charge in [-0.25, -0.2) is 0 Å². The third kappa shape index (κ3) is 1.94. The number of hydrogen-bond acceptors (Lipinski definition) is 4. The normalized spacial score (nSPS) is 9.80. The Balaban J connectivity index is 2.97. The molecule has 0 bridgehead atoms. The molecule has 0 saturated carbocycles. The van der Waals surface area contributed by atoms with E-state index in [-0.39, 0.29) is 0 Å². The van der Waals surface area contributed by atoms with E-state index in [2.05, 4.69) is 12.1 Å². The summed E-state index contributed by atoms with van der Waals surface area (Å²) in [4.78, 5) is 0. The maximum Gasteiger partial charge on any atom is 0.0999 e. The Kier molecular flexibility index (Phi) is 3.33. The Morgan fingerprint density at radius 3 is 2.00 bits per heavy atom. The van der Waals surface area contributed by atoms with Crippen LogP contribution in [-0.2, 0) is 0 Å². The van der Waals surface area contributed by atoms with Gasteiger partial charge in [-0.2, -0.15) is 10.5 Å². The molecular formula is C16H14N4. The van der Waals surface area contributed by atoms with Gasteiger partial charge in [-0.3, -0.25) is 0 Å². The number of aryl methyl sites for hydroxylation is 1. The third-order valence-corrected chi connectivity index (χ3v) is 3.51. The van der Waals surface area contributed by atoms with Gasteiger partial charge >= 0.3 is 0 Å². The van der Waals surface area contributed by atoms with E-state index in [4.69, 9.17) is 11.5 Å². The van der Waals surface area contributed by atoms with Crippen molar-refractivity contribution in [3.8, 4) is 23.3 Å². The van der Waals surface area contributed by atoms with Gasteiger partial charge in [0.25, 0.3) is 0 Å². The highest BCUT2D eigenvalue weighted by molar-refractivity contribution is 5.92. The Bertz CT molecular complexity index is 709. The van der Waals surface area contributed by atoms with Crippen LogP contribution in [0.2, 0.25) is 0 Å². The zero-order valence-corrected chi connectivity index (χ0v) is 11.4. The van der Waals surface area contributed by atoms with Crippen molar-refractivity contribution in [2.24, 2.45) is 0 Å². The van der Waals surface area contributed by atoms with Crippen LogP contribution in [0.3, 0.4) is 0 Å². The summed E-state index contributed by atoms with van der Waals surface area (Å²) < 4.78 is 0. The van der Waals surface area contributed by atoms with Gasteiger partial charge in [0.1, 0.15) is 0 Å². The molecule has 4 nitrogen and oxygen atoms in total. The van der Waals surface area contributed by atoms with Crippen molar-refractivity contribution < 1.29 is 0 Å². The van der Waals surface area contributed by atoms with E-state index in [9.17, 15) is 10.5 Å². The molecule has 2 aromatic carbocycles. The van der Waals surface area contributed by atoms with Crippen molar-refractivity contribution in [1.82, 2.24) is 0 Å². The summed E-state index contributed by atoms with van der Waals surface area (Å²) >= 11 is 0. The van der Waals surface area contributed by atoms with Gasteiger partial charge in [0.05, 0.1) is 34.6 Å². The van der Waals surface area contributed by atoms with Crippen LogP contribution in [-0.4, -0.2) is 0 Å². The lowest BCUT2D eigenvalue weighted by Gasteiger charge is -2.16. The summed E-state index contributed by atoms with van der Waals surface area (Å²) in [6.45, 7) is 3.86. The van der Waals surface area contributed by atoms with E-state index < -0.39 is 0 Å². The zero-order valence-electron chi connectivity index (χ0n) is 11.4. The summed E-state index contributed by atoms with van der Waals surface area (Å²) in [5.74, 6) is 0. The summed E-state index contributed by atoms with van der Waals surface area (Å²) in [6.07, 6.45) is 0. The van der Waals surface area contributed by atoms with Crippen molar-refractivity contribution in [3.05, 3.63) is 46.5 Å². The molecular weight excluding hydrogens is 248 g/mol. The van der Waals surface area contributed by atoms with Crippen LogP contribution in [0.4, 0.5) is 11.4 Å². The average molecular weight is 262 g/mol. The molecule has 0 spiro atoms. The first-order valence-electron chi connectivity index (χ1n) is 6.10. The lowest BCUT2D eigenvalue weighted by molar-refractivity contribution is 1.32. The molecule has 0 heterocycles. The van der Waals surface area contributed by atoms with Gasteiger partial charge in [0.15, 0.2) is 0 Å². The molecule has 2 aromatic rings. The van der Waals surface area contributed by atoms with Gasteiger partial charge in [0, 0.05) is 11.1 Å². The second kappa shape index (κ2) is 4.95. The molecule has 4 N–H and O–H groups in total. The molecule has 20 heavy (non-hydrogen) atoms. The van der Waals surface area contributed by atoms with Crippen LogP contribution in [0.15, 0.2) is 24.3 Å². The second-order valence-electron chi connectivity index (χ2n) is 4.64. The molecule has 0 unspecified atom stereocenters. The first-order valence-corrected chi connectivity index (χ1v) is 6.10. The average Bonchev–Trinajstić information content (AvgIpc) is 2.45. The van der Waals surface area contributed by atoms with Crippen molar-refractivity contribution >= 4 is 11.4 Å². The highest BCUT2D eigenvalue weighted by Crippen LogP contribution is 2.38. The molecule has 0 aliphatic heterocycles. The van der Waals surface area contributed by atoms with Crippen molar-refractivity contribution in [2.75, 3.05) is 11.5 Å². The van der Waals surface area contributed by atoms with Crippen LogP contribution in [0, 0.1) is 36.5 Å². The minimum Gasteiger partial charge on any atom is -0.397 e. The number of nitriles is 2. The number of hydrogen-bond donors (Lipinski definition) is 2. The van der Waals surface area contributed by atoms with Crippen molar-refractivity contribution in [3.63, 3.8) is 0 Å². The van der Waals surface area contributed by atoms with Crippen LogP contribution in [0.1, 0.15) is 22.3 Å². The molecule has 2 rings (SSSR count). The minimum absolute atomic E-state index is 0.342. The van der Waals surface area contributed by atoms with Gasteiger partial charge in [0.2, 0.25) is 0 Å². The van der Waals surface area contributed by atoms with Crippen LogP contribution in [0.25, 0.3) is 11.1 Å². The Hall–Kier alpha value is -2.98. The van der Waals surface area contributed by atoms with Gasteiger partial charge in [-0.1, -0.05) is 6.07 Å². The van der Waals surface area contributed by atoms with E-state index >= 15 is 0 Å². The van der Waals surface area contributed by atoms with E-state index in [0.717, 1.165) is 11.1 Å². The molecule has 0 atom stereocenters. The monoisotopic (exact) mass is 262 g/mol. The fraction of sp³-hybridized carbons (Fsp3) is 0.125. The molecule has 0 saturated heterocycles. The van der Waals surface area contributed by atoms with Gasteiger partial charge < -0.3 is 11.5 Å². The predicted octanol–water partition coefficient (Wildman–Crippen LogP) is 2.88. The predicted molar refractivity (Wildman–Crippen MR) is 79.6 cm³/mol. The topological polar surface area (TPSA) is 99.6 Å². The first kappa shape index (κ1) is 13.5. The Morgan fingerprint density at radius 1 is 0.850 bits per heavy atom. The van der Waals surface area contributed by atoms with E-state index in [1.165, 1.54) is 0 Å². The second-order valence-corrected chi connectivity index (χ2v) is 4.64. The summed E-state index contributed by atoms with van der Waals surface area (Å²) in [5, 5.41) is 18.6. The van der Waals surface area contributed by atoms with Crippen molar-refractivity contribution in [2.45, 2.75) is 13.8 Å². The lowest BCUT2D eigenvalue weighted by atomic mass is 9.88. The lowest BCUT2D eigenvalue weighted by Crippen LogP contribution is -2.02. The molecule has 0 aromatic heterocycles. The highest BCUT2D eigenvalue weighted by atomic mass is 14.7. The van der Waals surface area contributed by atoms with Crippen LogP contribution < -0.4 is 11.5 Å². The minimum atomic E-state index is 0.342. The molecule has 4 heteroatoms. The smallest absolute Gasteiger partial charge is 0.0999 e. The SMILES string of the molecule is Cc1ccc(C#N)c(-c2c(C#N)ccc(N)c2N)c1C.